The van der Waals surface area contributed by atoms with E-state index >= 15 is 0 Å². The number of amides is 1. The Morgan fingerprint density at radius 1 is 1.07 bits per heavy atom. The number of anilines is 1. The topological polar surface area (TPSA) is 32.8 Å². The van der Waals surface area contributed by atoms with Crippen molar-refractivity contribution < 1.29 is 18.3 Å². The summed E-state index contributed by atoms with van der Waals surface area (Å²) in [6.07, 6.45) is 0.786. The van der Waals surface area contributed by atoms with Gasteiger partial charge in [0, 0.05) is 43.3 Å². The average molecular weight is 372 g/mol. The summed E-state index contributed by atoms with van der Waals surface area (Å²) in [6, 6.07) is 13.1. The van der Waals surface area contributed by atoms with E-state index in [1.54, 1.807) is 4.90 Å². The van der Waals surface area contributed by atoms with Gasteiger partial charge in [0.2, 0.25) is 0 Å². The predicted molar refractivity (Wildman–Crippen MR) is 98.3 cm³/mol. The summed E-state index contributed by atoms with van der Waals surface area (Å²) in [4.78, 5) is 16.4. The normalized spacial score (nSPS) is 23.8. The smallest absolute Gasteiger partial charge is 0.252 e. The molecule has 0 aliphatic carbocycles. The lowest BCUT2D eigenvalue weighted by Gasteiger charge is -2.38. The molecule has 0 unspecified atom stereocenters. The molecule has 0 bridgehead atoms. The van der Waals surface area contributed by atoms with Crippen molar-refractivity contribution in [3.05, 3.63) is 65.7 Å². The van der Waals surface area contributed by atoms with E-state index in [4.69, 9.17) is 4.74 Å². The lowest BCUT2D eigenvalue weighted by Crippen LogP contribution is -2.47. The Morgan fingerprint density at radius 3 is 2.70 bits per heavy atom. The summed E-state index contributed by atoms with van der Waals surface area (Å²) in [5.74, 6) is -0.739. The lowest BCUT2D eigenvalue weighted by molar-refractivity contribution is -0.124. The largest absolute Gasteiger partial charge is 0.368 e. The maximum absolute atomic E-state index is 14.0. The molecule has 0 aromatic heterocycles. The van der Waals surface area contributed by atoms with Crippen LogP contribution in [0.2, 0.25) is 0 Å². The molecule has 2 fully saturated rings. The van der Waals surface area contributed by atoms with Crippen LogP contribution in [0.15, 0.2) is 48.5 Å². The third kappa shape index (κ3) is 4.01. The highest BCUT2D eigenvalue weighted by atomic mass is 19.1. The van der Waals surface area contributed by atoms with Gasteiger partial charge < -0.3 is 9.64 Å². The minimum Gasteiger partial charge on any atom is -0.368 e. The van der Waals surface area contributed by atoms with Crippen molar-refractivity contribution >= 4 is 11.6 Å². The number of likely N-dealkylation sites (tertiary alicyclic amines) is 1. The highest BCUT2D eigenvalue weighted by molar-refractivity contribution is 5.94. The Kier molecular flexibility index (Phi) is 5.18. The highest BCUT2D eigenvalue weighted by Crippen LogP contribution is 2.28. The van der Waals surface area contributed by atoms with E-state index in [0.29, 0.717) is 25.2 Å². The second-order valence-electron chi connectivity index (χ2n) is 7.21. The van der Waals surface area contributed by atoms with Crippen LogP contribution in [0.5, 0.6) is 0 Å². The first kappa shape index (κ1) is 18.1. The summed E-state index contributed by atoms with van der Waals surface area (Å²) in [7, 11) is 0. The van der Waals surface area contributed by atoms with Gasteiger partial charge in [-0.3, -0.25) is 9.69 Å². The van der Waals surface area contributed by atoms with Crippen molar-refractivity contribution in [1.29, 1.82) is 0 Å². The number of rotatable bonds is 3. The third-order valence-corrected chi connectivity index (χ3v) is 5.36. The van der Waals surface area contributed by atoms with Gasteiger partial charge in [0.25, 0.3) is 5.91 Å². The van der Waals surface area contributed by atoms with Crippen molar-refractivity contribution in [2.45, 2.75) is 19.1 Å². The number of para-hydroxylation sites is 1. The quantitative estimate of drug-likeness (QED) is 0.829. The van der Waals surface area contributed by atoms with Crippen LogP contribution >= 0.6 is 0 Å². The van der Waals surface area contributed by atoms with E-state index in [1.807, 2.05) is 30.3 Å². The zero-order valence-corrected chi connectivity index (χ0v) is 15.0. The fourth-order valence-corrected chi connectivity index (χ4v) is 3.98. The van der Waals surface area contributed by atoms with Gasteiger partial charge in [0.05, 0.1) is 6.10 Å². The van der Waals surface area contributed by atoms with Gasteiger partial charge in [0.15, 0.2) is 0 Å². The fraction of sp³-hybridized carbons (Fsp3) is 0.381. The van der Waals surface area contributed by atoms with Gasteiger partial charge >= 0.3 is 0 Å². The van der Waals surface area contributed by atoms with Crippen LogP contribution in [0.25, 0.3) is 0 Å². The molecule has 2 aliphatic rings. The van der Waals surface area contributed by atoms with Crippen LogP contribution in [0.3, 0.4) is 0 Å². The molecule has 2 heterocycles. The first-order chi connectivity index (χ1) is 13.1. The number of hydrogen-bond donors (Lipinski definition) is 0. The summed E-state index contributed by atoms with van der Waals surface area (Å²) >= 11 is 0. The molecule has 0 saturated carbocycles. The molecule has 0 N–H and O–H groups in total. The van der Waals surface area contributed by atoms with Crippen molar-refractivity contribution in [2.75, 3.05) is 31.1 Å². The zero-order chi connectivity index (χ0) is 18.8. The molecule has 2 aromatic carbocycles. The van der Waals surface area contributed by atoms with Gasteiger partial charge in [-0.15, -0.1) is 0 Å². The second-order valence-corrected chi connectivity index (χ2v) is 7.21. The molecule has 4 nitrogen and oxygen atoms in total. The molecule has 27 heavy (non-hydrogen) atoms. The molecule has 2 aromatic rings. The van der Waals surface area contributed by atoms with Gasteiger partial charge in [0.1, 0.15) is 18.2 Å². The lowest BCUT2D eigenvalue weighted by atomic mass is 9.93. The average Bonchev–Trinajstić information content (AvgIpc) is 2.84. The van der Waals surface area contributed by atoms with Crippen LogP contribution in [0.1, 0.15) is 12.0 Å². The number of halogens is 2. The van der Waals surface area contributed by atoms with Crippen LogP contribution in [-0.2, 0) is 16.1 Å². The number of piperidine rings is 1. The predicted octanol–water partition coefficient (Wildman–Crippen LogP) is 3.22. The SMILES string of the molecule is O=C1CO[C@H]2CCN(Cc3cc(F)ccc3F)C[C@@H]2CN1c1ccccc1. The Balaban J connectivity index is 1.49. The van der Waals surface area contributed by atoms with Crippen molar-refractivity contribution in [3.8, 4) is 0 Å². The highest BCUT2D eigenvalue weighted by Gasteiger charge is 2.36. The number of ether oxygens (including phenoxy) is 1. The molecule has 2 saturated heterocycles. The zero-order valence-electron chi connectivity index (χ0n) is 15.0. The molecule has 2 aliphatic heterocycles. The number of fused-ring (bicyclic) bond motifs is 1. The first-order valence-corrected chi connectivity index (χ1v) is 9.23. The van der Waals surface area contributed by atoms with Gasteiger partial charge in [-0.25, -0.2) is 8.78 Å². The van der Waals surface area contributed by atoms with Crippen LogP contribution in [-0.4, -0.2) is 43.2 Å². The maximum Gasteiger partial charge on any atom is 0.252 e. The molecule has 1 amide bonds. The number of hydrogen-bond acceptors (Lipinski definition) is 3. The Hall–Kier alpha value is -2.31. The Labute approximate surface area is 157 Å². The number of benzene rings is 2. The van der Waals surface area contributed by atoms with Gasteiger partial charge in [-0.1, -0.05) is 18.2 Å². The molecule has 6 heteroatoms. The minimum atomic E-state index is -0.431. The summed E-state index contributed by atoms with van der Waals surface area (Å²) in [5, 5.41) is 0. The van der Waals surface area contributed by atoms with Crippen molar-refractivity contribution in [2.24, 2.45) is 5.92 Å². The van der Waals surface area contributed by atoms with Gasteiger partial charge in [-0.05, 0) is 36.8 Å². The molecular weight excluding hydrogens is 350 g/mol. The summed E-state index contributed by atoms with van der Waals surface area (Å²) in [6.45, 7) is 2.41. The number of carbonyl (C=O) groups excluding carboxylic acids is 1. The molecule has 142 valence electrons. The van der Waals surface area contributed by atoms with Crippen molar-refractivity contribution in [1.82, 2.24) is 4.90 Å². The van der Waals surface area contributed by atoms with Crippen LogP contribution < -0.4 is 4.90 Å². The Morgan fingerprint density at radius 2 is 1.89 bits per heavy atom. The van der Waals surface area contributed by atoms with E-state index in [-0.39, 0.29) is 24.5 Å². The number of carbonyl (C=O) groups is 1. The molecule has 0 spiro atoms. The monoisotopic (exact) mass is 372 g/mol. The van der Waals surface area contributed by atoms with Crippen molar-refractivity contribution in [3.63, 3.8) is 0 Å². The van der Waals surface area contributed by atoms with Gasteiger partial charge in [-0.2, -0.15) is 0 Å². The van der Waals surface area contributed by atoms with E-state index in [2.05, 4.69) is 4.90 Å². The molecule has 4 rings (SSSR count). The summed E-state index contributed by atoms with van der Waals surface area (Å²) < 4.78 is 33.3. The van der Waals surface area contributed by atoms with E-state index in [0.717, 1.165) is 24.7 Å². The van der Waals surface area contributed by atoms with E-state index in [1.165, 1.54) is 12.1 Å². The fourth-order valence-electron chi connectivity index (χ4n) is 3.98. The van der Waals surface area contributed by atoms with Crippen LogP contribution in [0, 0.1) is 17.6 Å². The first-order valence-electron chi connectivity index (χ1n) is 9.23. The minimum absolute atomic E-state index is 0.0104. The number of nitrogens with zero attached hydrogens (tertiary/aromatic N) is 2. The van der Waals surface area contributed by atoms with Crippen LogP contribution in [0.4, 0.5) is 14.5 Å². The van der Waals surface area contributed by atoms with E-state index < -0.39 is 11.6 Å². The molecule has 2 atom stereocenters. The van der Waals surface area contributed by atoms with E-state index in [9.17, 15) is 13.6 Å². The second kappa shape index (κ2) is 7.74. The molecular formula is C21H22F2N2O2. The Bertz CT molecular complexity index is 815. The molecule has 0 radical (unpaired) electrons. The maximum atomic E-state index is 14.0. The standard InChI is InChI=1S/C21H22F2N2O2/c22-17-6-7-19(23)15(10-17)11-24-9-8-20-16(12-24)13-25(21(26)14-27-20)18-4-2-1-3-5-18/h1-7,10,16,20H,8-9,11-14H2/t16-,20+/m1/s1. The third-order valence-electron chi connectivity index (χ3n) is 5.36. The summed E-state index contributed by atoms with van der Waals surface area (Å²) in [5.41, 5.74) is 1.22.